The van der Waals surface area contributed by atoms with Crippen LogP contribution in [0.2, 0.25) is 0 Å². The van der Waals surface area contributed by atoms with Gasteiger partial charge in [0.25, 0.3) is 5.91 Å². The summed E-state index contributed by atoms with van der Waals surface area (Å²) < 4.78 is 16.2. The third kappa shape index (κ3) is 4.53. The Kier molecular flexibility index (Phi) is 7.07. The van der Waals surface area contributed by atoms with Crippen molar-refractivity contribution in [1.82, 2.24) is 10.6 Å². The van der Waals surface area contributed by atoms with Crippen LogP contribution in [0.5, 0.6) is 11.5 Å². The fourth-order valence-corrected chi connectivity index (χ4v) is 3.43. The molecule has 0 spiro atoms. The number of amides is 2. The third-order valence-electron chi connectivity index (χ3n) is 5.46. The van der Waals surface area contributed by atoms with Crippen LogP contribution in [0.1, 0.15) is 51.6 Å². The topological polar surface area (TPSA) is 85.9 Å². The molecule has 1 aromatic carbocycles. The summed E-state index contributed by atoms with van der Waals surface area (Å²) in [4.78, 5) is 24.9. The summed E-state index contributed by atoms with van der Waals surface area (Å²) >= 11 is 0. The number of nitrogens with one attached hydrogen (secondary N) is 2. The molecule has 7 heteroatoms. The Balaban J connectivity index is 2.32. The van der Waals surface area contributed by atoms with Gasteiger partial charge in [-0.1, -0.05) is 26.8 Å². The molecule has 0 radical (unpaired) electrons. The Labute approximate surface area is 160 Å². The standard InChI is InChI=1S/C20H30N2O5/c1-6-20(7-2,8-3)22-19(24)18-17(21-16(23)12-27-18)13-9-10-14(25-4)15(11-13)26-5/h9-11,17-18H,6-8,12H2,1-5H3,(H,21,23)(H,22,24)/t17-,18+/m1/s1. The normalized spacial score (nSPS) is 20.0. The van der Waals surface area contributed by atoms with E-state index in [1.54, 1.807) is 32.4 Å². The molecule has 150 valence electrons. The summed E-state index contributed by atoms with van der Waals surface area (Å²) in [6, 6.07) is 4.70. The van der Waals surface area contributed by atoms with Gasteiger partial charge in [-0.3, -0.25) is 9.59 Å². The quantitative estimate of drug-likeness (QED) is 0.725. The number of rotatable bonds is 8. The lowest BCUT2D eigenvalue weighted by molar-refractivity contribution is -0.149. The minimum Gasteiger partial charge on any atom is -0.493 e. The molecule has 27 heavy (non-hydrogen) atoms. The van der Waals surface area contributed by atoms with Crippen molar-refractivity contribution >= 4 is 11.8 Å². The van der Waals surface area contributed by atoms with Crippen LogP contribution in [-0.4, -0.2) is 44.3 Å². The van der Waals surface area contributed by atoms with Crippen LogP contribution in [0, 0.1) is 0 Å². The molecular formula is C20H30N2O5. The van der Waals surface area contributed by atoms with E-state index in [1.807, 2.05) is 0 Å². The number of methoxy groups -OCH3 is 2. The lowest BCUT2D eigenvalue weighted by Crippen LogP contribution is -2.57. The lowest BCUT2D eigenvalue weighted by atomic mass is 9.88. The number of hydrogen-bond acceptors (Lipinski definition) is 5. The van der Waals surface area contributed by atoms with E-state index in [0.29, 0.717) is 11.5 Å². The van der Waals surface area contributed by atoms with Gasteiger partial charge < -0.3 is 24.8 Å². The first-order valence-electron chi connectivity index (χ1n) is 9.38. The van der Waals surface area contributed by atoms with Crippen molar-refractivity contribution in [1.29, 1.82) is 0 Å². The molecule has 0 unspecified atom stereocenters. The molecule has 1 heterocycles. The summed E-state index contributed by atoms with van der Waals surface area (Å²) in [6.07, 6.45) is 1.66. The van der Waals surface area contributed by atoms with Crippen LogP contribution >= 0.6 is 0 Å². The maximum atomic E-state index is 13.0. The second-order valence-electron chi connectivity index (χ2n) is 6.72. The van der Waals surface area contributed by atoms with Crippen molar-refractivity contribution in [3.63, 3.8) is 0 Å². The van der Waals surface area contributed by atoms with Gasteiger partial charge in [0.2, 0.25) is 5.91 Å². The largest absolute Gasteiger partial charge is 0.493 e. The van der Waals surface area contributed by atoms with E-state index in [0.717, 1.165) is 24.8 Å². The molecule has 0 aliphatic carbocycles. The minimum absolute atomic E-state index is 0.140. The molecule has 2 amide bonds. The van der Waals surface area contributed by atoms with Gasteiger partial charge in [0.05, 0.1) is 20.3 Å². The van der Waals surface area contributed by atoms with Crippen LogP contribution in [0.4, 0.5) is 0 Å². The Bertz CT molecular complexity index is 664. The molecule has 1 aromatic rings. The predicted octanol–water partition coefficient (Wildman–Crippen LogP) is 2.34. The lowest BCUT2D eigenvalue weighted by Gasteiger charge is -2.37. The zero-order chi connectivity index (χ0) is 20.0. The highest BCUT2D eigenvalue weighted by Gasteiger charge is 2.39. The second-order valence-corrected chi connectivity index (χ2v) is 6.72. The SMILES string of the molecule is CCC(CC)(CC)NC(=O)[C@H]1OCC(=O)N[C@@H]1c1ccc(OC)c(OC)c1. The van der Waals surface area contributed by atoms with E-state index in [9.17, 15) is 9.59 Å². The van der Waals surface area contributed by atoms with E-state index < -0.39 is 12.1 Å². The highest BCUT2D eigenvalue weighted by Crippen LogP contribution is 2.33. The minimum atomic E-state index is -0.815. The third-order valence-corrected chi connectivity index (χ3v) is 5.46. The smallest absolute Gasteiger partial charge is 0.252 e. The van der Waals surface area contributed by atoms with E-state index in [-0.39, 0.29) is 24.0 Å². The zero-order valence-electron chi connectivity index (χ0n) is 16.8. The Hall–Kier alpha value is -2.28. The highest BCUT2D eigenvalue weighted by atomic mass is 16.5. The van der Waals surface area contributed by atoms with Crippen molar-refractivity contribution in [2.75, 3.05) is 20.8 Å². The second kappa shape index (κ2) is 9.08. The van der Waals surface area contributed by atoms with Crippen LogP contribution in [0.3, 0.4) is 0 Å². The predicted molar refractivity (Wildman–Crippen MR) is 102 cm³/mol. The maximum Gasteiger partial charge on any atom is 0.252 e. The van der Waals surface area contributed by atoms with E-state index in [2.05, 4.69) is 31.4 Å². The molecule has 2 N–H and O–H groups in total. The number of benzene rings is 1. The van der Waals surface area contributed by atoms with Gasteiger partial charge in [0, 0.05) is 5.54 Å². The molecule has 0 saturated carbocycles. The number of carbonyl (C=O) groups is 2. The molecule has 1 aliphatic heterocycles. The summed E-state index contributed by atoms with van der Waals surface area (Å²) in [5, 5.41) is 6.01. The molecule has 1 fully saturated rings. The van der Waals surface area contributed by atoms with Crippen molar-refractivity contribution < 1.29 is 23.8 Å². The van der Waals surface area contributed by atoms with Crippen LogP contribution in [-0.2, 0) is 14.3 Å². The first kappa shape index (κ1) is 21.0. The monoisotopic (exact) mass is 378 g/mol. The van der Waals surface area contributed by atoms with Crippen molar-refractivity contribution in [3.05, 3.63) is 23.8 Å². The van der Waals surface area contributed by atoms with Gasteiger partial charge in [-0.2, -0.15) is 0 Å². The van der Waals surface area contributed by atoms with E-state index in [4.69, 9.17) is 14.2 Å². The van der Waals surface area contributed by atoms with Gasteiger partial charge in [0.15, 0.2) is 17.6 Å². The van der Waals surface area contributed by atoms with Crippen LogP contribution < -0.4 is 20.1 Å². The molecule has 0 aromatic heterocycles. The first-order valence-corrected chi connectivity index (χ1v) is 9.38. The van der Waals surface area contributed by atoms with Crippen molar-refractivity contribution in [3.8, 4) is 11.5 Å². The van der Waals surface area contributed by atoms with Crippen molar-refractivity contribution in [2.45, 2.75) is 57.7 Å². The molecule has 1 aliphatic rings. The van der Waals surface area contributed by atoms with E-state index in [1.165, 1.54) is 0 Å². The van der Waals surface area contributed by atoms with Gasteiger partial charge in [-0.05, 0) is 37.0 Å². The molecule has 2 atom stereocenters. The van der Waals surface area contributed by atoms with Gasteiger partial charge in [-0.15, -0.1) is 0 Å². The van der Waals surface area contributed by atoms with Crippen LogP contribution in [0.25, 0.3) is 0 Å². The number of hydrogen-bond donors (Lipinski definition) is 2. The Morgan fingerprint density at radius 1 is 1.19 bits per heavy atom. The maximum absolute atomic E-state index is 13.0. The molecule has 1 saturated heterocycles. The summed E-state index contributed by atoms with van der Waals surface area (Å²) in [7, 11) is 3.10. The highest BCUT2D eigenvalue weighted by molar-refractivity contribution is 5.86. The van der Waals surface area contributed by atoms with Gasteiger partial charge in [-0.25, -0.2) is 0 Å². The summed E-state index contributed by atoms with van der Waals surface area (Å²) in [6.45, 7) is 6.03. The van der Waals surface area contributed by atoms with E-state index >= 15 is 0 Å². The summed E-state index contributed by atoms with van der Waals surface area (Å²) in [5.74, 6) is 0.623. The van der Waals surface area contributed by atoms with Gasteiger partial charge >= 0.3 is 0 Å². The number of ether oxygens (including phenoxy) is 3. The number of morpholine rings is 1. The summed E-state index contributed by atoms with van der Waals surface area (Å²) in [5.41, 5.74) is 0.445. The van der Waals surface area contributed by atoms with Crippen LogP contribution in [0.15, 0.2) is 18.2 Å². The fourth-order valence-electron chi connectivity index (χ4n) is 3.43. The number of carbonyl (C=O) groups excluding carboxylic acids is 2. The molecule has 2 rings (SSSR count). The zero-order valence-corrected chi connectivity index (χ0v) is 16.8. The Morgan fingerprint density at radius 2 is 1.81 bits per heavy atom. The average Bonchev–Trinajstić information content (AvgIpc) is 2.71. The average molecular weight is 378 g/mol. The van der Waals surface area contributed by atoms with Crippen molar-refractivity contribution in [2.24, 2.45) is 0 Å². The van der Waals surface area contributed by atoms with Gasteiger partial charge in [0.1, 0.15) is 6.61 Å². The molecule has 7 nitrogen and oxygen atoms in total. The Morgan fingerprint density at radius 3 is 2.37 bits per heavy atom. The molecule has 0 bridgehead atoms. The first-order chi connectivity index (χ1) is 12.9. The fraction of sp³-hybridized carbons (Fsp3) is 0.600. The molecular weight excluding hydrogens is 348 g/mol.